The predicted octanol–water partition coefficient (Wildman–Crippen LogP) is 4.03. The number of carbonyl (C=O) groups is 2. The van der Waals surface area contributed by atoms with Gasteiger partial charge in [-0.25, -0.2) is 0 Å². The SMILES string of the molecule is CCOc1ccccc1NC(=O)CCN(C(C)=O)c1ccccc1CC. The Balaban J connectivity index is 2.05. The Labute approximate surface area is 155 Å². The largest absolute Gasteiger partial charge is 0.492 e. The summed E-state index contributed by atoms with van der Waals surface area (Å²) >= 11 is 0. The van der Waals surface area contributed by atoms with Crippen molar-refractivity contribution in [3.8, 4) is 5.75 Å². The van der Waals surface area contributed by atoms with Gasteiger partial charge in [0.1, 0.15) is 5.75 Å². The lowest BCUT2D eigenvalue weighted by Crippen LogP contribution is -2.32. The van der Waals surface area contributed by atoms with Crippen LogP contribution in [0.4, 0.5) is 11.4 Å². The minimum Gasteiger partial charge on any atom is -0.492 e. The predicted molar refractivity (Wildman–Crippen MR) is 105 cm³/mol. The molecular formula is C21H26N2O3. The number of hydrogen-bond donors (Lipinski definition) is 1. The molecule has 0 aromatic heterocycles. The highest BCUT2D eigenvalue weighted by Gasteiger charge is 2.16. The number of nitrogens with zero attached hydrogens (tertiary/aromatic N) is 1. The zero-order valence-electron chi connectivity index (χ0n) is 15.6. The monoisotopic (exact) mass is 354 g/mol. The van der Waals surface area contributed by atoms with Gasteiger partial charge in [0.15, 0.2) is 0 Å². The third-order valence-electron chi connectivity index (χ3n) is 4.07. The molecule has 0 aliphatic carbocycles. The first-order chi connectivity index (χ1) is 12.6. The maximum Gasteiger partial charge on any atom is 0.226 e. The Kier molecular flexibility index (Phi) is 7.21. The lowest BCUT2D eigenvalue weighted by molar-refractivity contribution is -0.117. The minimum absolute atomic E-state index is 0.0755. The molecule has 0 fully saturated rings. The van der Waals surface area contributed by atoms with Crippen LogP contribution in [0.15, 0.2) is 48.5 Å². The summed E-state index contributed by atoms with van der Waals surface area (Å²) in [5.41, 5.74) is 2.59. The molecule has 0 heterocycles. The summed E-state index contributed by atoms with van der Waals surface area (Å²) in [5, 5.41) is 2.87. The van der Waals surface area contributed by atoms with E-state index in [9.17, 15) is 9.59 Å². The number of benzene rings is 2. The topological polar surface area (TPSA) is 58.6 Å². The third kappa shape index (κ3) is 5.09. The Morgan fingerprint density at radius 1 is 1.04 bits per heavy atom. The van der Waals surface area contributed by atoms with Crippen LogP contribution in [-0.2, 0) is 16.0 Å². The van der Waals surface area contributed by atoms with Crippen LogP contribution in [0.2, 0.25) is 0 Å². The number of nitrogens with one attached hydrogen (secondary N) is 1. The Morgan fingerprint density at radius 2 is 1.73 bits per heavy atom. The Morgan fingerprint density at radius 3 is 2.42 bits per heavy atom. The number of amides is 2. The fourth-order valence-electron chi connectivity index (χ4n) is 2.80. The second-order valence-electron chi connectivity index (χ2n) is 5.88. The zero-order valence-corrected chi connectivity index (χ0v) is 15.6. The van der Waals surface area contributed by atoms with Gasteiger partial charge in [0.25, 0.3) is 0 Å². The van der Waals surface area contributed by atoms with E-state index in [4.69, 9.17) is 4.74 Å². The van der Waals surface area contributed by atoms with Crippen molar-refractivity contribution in [1.82, 2.24) is 0 Å². The van der Waals surface area contributed by atoms with Crippen molar-refractivity contribution >= 4 is 23.2 Å². The number of rotatable bonds is 8. The second kappa shape index (κ2) is 9.61. The van der Waals surface area contributed by atoms with E-state index >= 15 is 0 Å². The van der Waals surface area contributed by atoms with Crippen molar-refractivity contribution in [2.24, 2.45) is 0 Å². The average molecular weight is 354 g/mol. The molecule has 2 aromatic carbocycles. The maximum atomic E-state index is 12.4. The number of ether oxygens (including phenoxy) is 1. The van der Waals surface area contributed by atoms with E-state index in [1.807, 2.05) is 49.4 Å². The van der Waals surface area contributed by atoms with E-state index in [1.165, 1.54) is 6.92 Å². The molecule has 5 heteroatoms. The number of aryl methyl sites for hydroxylation is 1. The molecule has 2 aromatic rings. The molecule has 0 spiro atoms. The van der Waals surface area contributed by atoms with Gasteiger partial charge in [0.05, 0.1) is 12.3 Å². The van der Waals surface area contributed by atoms with Crippen molar-refractivity contribution in [2.45, 2.75) is 33.6 Å². The summed E-state index contributed by atoms with van der Waals surface area (Å²) in [6.07, 6.45) is 1.03. The van der Waals surface area contributed by atoms with Gasteiger partial charge < -0.3 is 15.0 Å². The fraction of sp³-hybridized carbons (Fsp3) is 0.333. The Hall–Kier alpha value is -2.82. The number of carbonyl (C=O) groups excluding carboxylic acids is 2. The maximum absolute atomic E-state index is 12.4. The van der Waals surface area contributed by atoms with E-state index in [-0.39, 0.29) is 18.2 Å². The first-order valence-electron chi connectivity index (χ1n) is 8.94. The first-order valence-corrected chi connectivity index (χ1v) is 8.94. The van der Waals surface area contributed by atoms with Gasteiger partial charge in [-0.05, 0) is 37.1 Å². The van der Waals surface area contributed by atoms with Gasteiger partial charge >= 0.3 is 0 Å². The van der Waals surface area contributed by atoms with E-state index in [2.05, 4.69) is 12.2 Å². The highest BCUT2D eigenvalue weighted by atomic mass is 16.5. The lowest BCUT2D eigenvalue weighted by Gasteiger charge is -2.23. The first kappa shape index (κ1) is 19.5. The summed E-state index contributed by atoms with van der Waals surface area (Å²) in [5.74, 6) is 0.411. The molecule has 2 amide bonds. The highest BCUT2D eigenvalue weighted by Crippen LogP contribution is 2.24. The quantitative estimate of drug-likeness (QED) is 0.779. The molecule has 2 rings (SSSR count). The van der Waals surface area contributed by atoms with Crippen LogP contribution in [0.5, 0.6) is 5.75 Å². The average Bonchev–Trinajstić information content (AvgIpc) is 2.64. The molecule has 0 aliphatic rings. The summed E-state index contributed by atoms with van der Waals surface area (Å²) < 4.78 is 5.52. The molecule has 0 saturated heterocycles. The van der Waals surface area contributed by atoms with Crippen LogP contribution in [0.25, 0.3) is 0 Å². The van der Waals surface area contributed by atoms with Gasteiger partial charge in [0, 0.05) is 25.6 Å². The van der Waals surface area contributed by atoms with Crippen molar-refractivity contribution in [3.05, 3.63) is 54.1 Å². The van der Waals surface area contributed by atoms with Crippen molar-refractivity contribution in [1.29, 1.82) is 0 Å². The zero-order chi connectivity index (χ0) is 18.9. The molecule has 0 atom stereocenters. The van der Waals surface area contributed by atoms with E-state index in [1.54, 1.807) is 11.0 Å². The molecular weight excluding hydrogens is 328 g/mol. The number of anilines is 2. The van der Waals surface area contributed by atoms with Crippen LogP contribution in [0, 0.1) is 0 Å². The summed E-state index contributed by atoms with van der Waals surface area (Å²) in [6.45, 7) is 6.32. The molecule has 26 heavy (non-hydrogen) atoms. The smallest absolute Gasteiger partial charge is 0.226 e. The van der Waals surface area contributed by atoms with E-state index < -0.39 is 0 Å². The van der Waals surface area contributed by atoms with Gasteiger partial charge in [-0.3, -0.25) is 9.59 Å². The molecule has 138 valence electrons. The minimum atomic E-state index is -0.155. The number of hydrogen-bond acceptors (Lipinski definition) is 3. The van der Waals surface area contributed by atoms with E-state index in [0.29, 0.717) is 24.6 Å². The Bertz CT molecular complexity index is 758. The second-order valence-corrected chi connectivity index (χ2v) is 5.88. The van der Waals surface area contributed by atoms with Gasteiger partial charge in [0.2, 0.25) is 11.8 Å². The summed E-state index contributed by atoms with van der Waals surface area (Å²) in [4.78, 5) is 26.1. The van der Waals surface area contributed by atoms with Crippen molar-refractivity contribution in [3.63, 3.8) is 0 Å². The third-order valence-corrected chi connectivity index (χ3v) is 4.07. The van der Waals surface area contributed by atoms with Crippen LogP contribution in [0.3, 0.4) is 0 Å². The molecule has 1 N–H and O–H groups in total. The van der Waals surface area contributed by atoms with Gasteiger partial charge in [-0.2, -0.15) is 0 Å². The van der Waals surface area contributed by atoms with Crippen molar-refractivity contribution < 1.29 is 14.3 Å². The van der Waals surface area contributed by atoms with Gasteiger partial charge in [-0.1, -0.05) is 37.3 Å². The van der Waals surface area contributed by atoms with Crippen LogP contribution >= 0.6 is 0 Å². The molecule has 0 bridgehead atoms. The van der Waals surface area contributed by atoms with Crippen LogP contribution in [0.1, 0.15) is 32.8 Å². The summed E-state index contributed by atoms with van der Waals surface area (Å²) in [7, 11) is 0. The normalized spacial score (nSPS) is 10.3. The van der Waals surface area contributed by atoms with E-state index in [0.717, 1.165) is 17.7 Å². The highest BCUT2D eigenvalue weighted by molar-refractivity contribution is 5.95. The molecule has 0 saturated carbocycles. The lowest BCUT2D eigenvalue weighted by atomic mass is 10.1. The van der Waals surface area contributed by atoms with Crippen LogP contribution in [-0.4, -0.2) is 25.0 Å². The standard InChI is InChI=1S/C21H26N2O3/c1-4-17-10-6-8-12-19(17)23(16(3)24)15-14-21(25)22-18-11-7-9-13-20(18)26-5-2/h6-13H,4-5,14-15H2,1-3H3,(H,22,25). The van der Waals surface area contributed by atoms with Crippen LogP contribution < -0.4 is 15.0 Å². The molecule has 5 nitrogen and oxygen atoms in total. The van der Waals surface area contributed by atoms with Gasteiger partial charge in [-0.15, -0.1) is 0 Å². The molecule has 0 radical (unpaired) electrons. The fourth-order valence-corrected chi connectivity index (χ4v) is 2.80. The molecule has 0 aliphatic heterocycles. The van der Waals surface area contributed by atoms with Crippen molar-refractivity contribution in [2.75, 3.05) is 23.4 Å². The summed E-state index contributed by atoms with van der Waals surface area (Å²) in [6, 6.07) is 15.1. The number of para-hydroxylation sites is 3. The molecule has 0 unspecified atom stereocenters.